The van der Waals surface area contributed by atoms with Crippen molar-refractivity contribution >= 4 is 5.78 Å². The summed E-state index contributed by atoms with van der Waals surface area (Å²) in [4.78, 5) is 11.5. The number of fused-ring (bicyclic) bond motifs is 4. The molecule has 0 N–H and O–H groups in total. The monoisotopic (exact) mass is 178 g/mol. The summed E-state index contributed by atoms with van der Waals surface area (Å²) in [7, 11) is 0. The summed E-state index contributed by atoms with van der Waals surface area (Å²) in [5.74, 6) is 1.75. The van der Waals surface area contributed by atoms with Crippen LogP contribution in [0.25, 0.3) is 0 Å². The van der Waals surface area contributed by atoms with Gasteiger partial charge in [-0.05, 0) is 30.1 Å². The third kappa shape index (κ3) is 1.25. The molecular weight excluding hydrogens is 160 g/mol. The fourth-order valence-corrected chi connectivity index (χ4v) is 2.91. The molecule has 3 aliphatic carbocycles. The number of allylic oxidation sites excluding steroid dienone is 1. The highest BCUT2D eigenvalue weighted by Crippen LogP contribution is 2.57. The molecule has 0 saturated heterocycles. The smallest absolute Gasteiger partial charge is 0.133 e. The number of carbonyl (C=O) groups excluding carboxylic acids is 1. The Morgan fingerprint density at radius 3 is 2.69 bits per heavy atom. The van der Waals surface area contributed by atoms with E-state index in [0.29, 0.717) is 23.0 Å². The lowest BCUT2D eigenvalue weighted by atomic mass is 9.50. The quantitative estimate of drug-likeness (QED) is 0.521. The molecule has 3 saturated carbocycles. The van der Waals surface area contributed by atoms with Gasteiger partial charge < -0.3 is 0 Å². The molecule has 1 nitrogen and oxygen atoms in total. The van der Waals surface area contributed by atoms with E-state index < -0.39 is 0 Å². The van der Waals surface area contributed by atoms with Gasteiger partial charge in [-0.25, -0.2) is 0 Å². The Bertz CT molecular complexity index is 262. The van der Waals surface area contributed by atoms with Gasteiger partial charge in [-0.15, -0.1) is 0 Å². The molecule has 72 valence electrons. The van der Waals surface area contributed by atoms with Crippen LogP contribution in [0.15, 0.2) is 12.2 Å². The maximum absolute atomic E-state index is 11.5. The second-order valence-corrected chi connectivity index (χ2v) is 5.21. The Labute approximate surface area is 80.2 Å². The average molecular weight is 178 g/mol. The van der Waals surface area contributed by atoms with Gasteiger partial charge in [0.05, 0.1) is 0 Å². The summed E-state index contributed by atoms with van der Waals surface area (Å²) < 4.78 is 0. The highest BCUT2D eigenvalue weighted by molar-refractivity contribution is 5.79. The molecule has 3 aliphatic rings. The molecule has 2 bridgehead atoms. The summed E-state index contributed by atoms with van der Waals surface area (Å²) in [6, 6.07) is 0. The molecule has 3 fully saturated rings. The molecular formula is C12H18O. The molecule has 0 radical (unpaired) electrons. The number of Topliss-reactive ketones (excluding diaryl/α,β-unsaturated/α-hetero) is 1. The van der Waals surface area contributed by atoms with Crippen molar-refractivity contribution in [3.05, 3.63) is 12.2 Å². The summed E-state index contributed by atoms with van der Waals surface area (Å²) in [6.45, 7) is 8.69. The number of hydrogen-bond donors (Lipinski definition) is 0. The van der Waals surface area contributed by atoms with E-state index in [2.05, 4.69) is 20.4 Å². The number of ketones is 1. The van der Waals surface area contributed by atoms with E-state index in [1.165, 1.54) is 12.0 Å². The van der Waals surface area contributed by atoms with E-state index in [1.807, 2.05) is 0 Å². The van der Waals surface area contributed by atoms with Gasteiger partial charge in [0.1, 0.15) is 5.78 Å². The van der Waals surface area contributed by atoms with Crippen molar-refractivity contribution in [1.29, 1.82) is 0 Å². The molecule has 2 atom stereocenters. The molecule has 1 heteroatoms. The topological polar surface area (TPSA) is 17.1 Å². The minimum atomic E-state index is 0.340. The first-order chi connectivity index (χ1) is 6.01. The van der Waals surface area contributed by atoms with Crippen LogP contribution < -0.4 is 0 Å². The number of rotatable bonds is 0. The van der Waals surface area contributed by atoms with Gasteiger partial charge in [0.15, 0.2) is 0 Å². The third-order valence-electron chi connectivity index (χ3n) is 4.16. The summed E-state index contributed by atoms with van der Waals surface area (Å²) in [6.07, 6.45) is 3.69. The van der Waals surface area contributed by atoms with Crippen LogP contribution in [-0.4, -0.2) is 5.78 Å². The highest BCUT2D eigenvalue weighted by Gasteiger charge is 2.50. The van der Waals surface area contributed by atoms with Gasteiger partial charge in [0, 0.05) is 12.8 Å². The van der Waals surface area contributed by atoms with Gasteiger partial charge in [0.2, 0.25) is 0 Å². The molecule has 13 heavy (non-hydrogen) atoms. The van der Waals surface area contributed by atoms with Crippen LogP contribution in [0.1, 0.15) is 39.5 Å². The standard InChI is InChI=1S/C12H18O/c1-8-4-5-10(13)6-9-7-11(8)12(9,2)3/h9,11H,1,4-7H2,2-3H3/t9-,11-/m0/s1. The summed E-state index contributed by atoms with van der Waals surface area (Å²) in [5.41, 5.74) is 1.65. The predicted molar refractivity (Wildman–Crippen MR) is 53.4 cm³/mol. The Hall–Kier alpha value is -0.590. The van der Waals surface area contributed by atoms with Crippen molar-refractivity contribution < 1.29 is 4.79 Å². The van der Waals surface area contributed by atoms with E-state index in [4.69, 9.17) is 0 Å². The van der Waals surface area contributed by atoms with Crippen LogP contribution in [0.4, 0.5) is 0 Å². The summed E-state index contributed by atoms with van der Waals surface area (Å²) >= 11 is 0. The first-order valence-corrected chi connectivity index (χ1v) is 5.21. The van der Waals surface area contributed by atoms with E-state index in [-0.39, 0.29) is 0 Å². The zero-order chi connectivity index (χ0) is 9.64. The van der Waals surface area contributed by atoms with Crippen molar-refractivity contribution in [2.45, 2.75) is 39.5 Å². The van der Waals surface area contributed by atoms with E-state index in [0.717, 1.165) is 19.3 Å². The van der Waals surface area contributed by atoms with Crippen LogP contribution in [0.2, 0.25) is 0 Å². The first kappa shape index (κ1) is 8.98. The molecule has 0 spiro atoms. The van der Waals surface area contributed by atoms with Crippen molar-refractivity contribution in [2.75, 3.05) is 0 Å². The lowest BCUT2D eigenvalue weighted by Crippen LogP contribution is -2.47. The molecule has 0 aliphatic heterocycles. The Balaban J connectivity index is 2.20. The van der Waals surface area contributed by atoms with Gasteiger partial charge in [0.25, 0.3) is 0 Å². The number of hydrogen-bond acceptors (Lipinski definition) is 1. The predicted octanol–water partition coefficient (Wildman–Crippen LogP) is 2.96. The Morgan fingerprint density at radius 2 is 2.08 bits per heavy atom. The maximum Gasteiger partial charge on any atom is 0.133 e. The van der Waals surface area contributed by atoms with Crippen LogP contribution in [0.3, 0.4) is 0 Å². The van der Waals surface area contributed by atoms with Crippen LogP contribution in [-0.2, 0) is 4.79 Å². The first-order valence-electron chi connectivity index (χ1n) is 5.21. The second kappa shape index (κ2) is 2.70. The van der Waals surface area contributed by atoms with Crippen molar-refractivity contribution in [3.63, 3.8) is 0 Å². The second-order valence-electron chi connectivity index (χ2n) is 5.21. The molecule has 0 unspecified atom stereocenters. The largest absolute Gasteiger partial charge is 0.300 e. The number of carbonyl (C=O) groups is 1. The normalized spacial score (nSPS) is 37.7. The van der Waals surface area contributed by atoms with E-state index >= 15 is 0 Å². The zero-order valence-corrected chi connectivity index (χ0v) is 8.60. The zero-order valence-electron chi connectivity index (χ0n) is 8.60. The van der Waals surface area contributed by atoms with Crippen molar-refractivity contribution in [1.82, 2.24) is 0 Å². The van der Waals surface area contributed by atoms with Crippen LogP contribution >= 0.6 is 0 Å². The Morgan fingerprint density at radius 1 is 1.38 bits per heavy atom. The van der Waals surface area contributed by atoms with Crippen molar-refractivity contribution in [3.8, 4) is 0 Å². The molecule has 0 aromatic rings. The fourth-order valence-electron chi connectivity index (χ4n) is 2.91. The summed E-state index contributed by atoms with van der Waals surface area (Å²) in [5, 5.41) is 0. The molecule has 3 rings (SSSR count). The van der Waals surface area contributed by atoms with E-state index in [9.17, 15) is 4.79 Å². The SMILES string of the molecule is C=C1CCC(=O)C[C@H]2C[C@@H]1C2(C)C. The van der Waals surface area contributed by atoms with Crippen LogP contribution in [0.5, 0.6) is 0 Å². The molecule has 0 amide bonds. The lowest BCUT2D eigenvalue weighted by molar-refractivity contribution is -0.125. The highest BCUT2D eigenvalue weighted by atomic mass is 16.1. The molecule has 0 aromatic carbocycles. The Kier molecular flexibility index (Phi) is 1.86. The van der Waals surface area contributed by atoms with E-state index in [1.54, 1.807) is 0 Å². The third-order valence-corrected chi connectivity index (χ3v) is 4.16. The van der Waals surface area contributed by atoms with Crippen LogP contribution in [0, 0.1) is 17.3 Å². The van der Waals surface area contributed by atoms with Gasteiger partial charge in [-0.1, -0.05) is 26.0 Å². The van der Waals surface area contributed by atoms with Gasteiger partial charge in [-0.3, -0.25) is 4.79 Å². The average Bonchev–Trinajstić information content (AvgIpc) is 2.05. The molecule has 0 heterocycles. The van der Waals surface area contributed by atoms with Gasteiger partial charge in [-0.2, -0.15) is 0 Å². The minimum Gasteiger partial charge on any atom is -0.300 e. The minimum absolute atomic E-state index is 0.340. The fraction of sp³-hybridized carbons (Fsp3) is 0.750. The lowest BCUT2D eigenvalue weighted by Gasteiger charge is -2.54. The van der Waals surface area contributed by atoms with Crippen molar-refractivity contribution in [2.24, 2.45) is 17.3 Å². The maximum atomic E-state index is 11.5. The molecule has 0 aromatic heterocycles. The van der Waals surface area contributed by atoms with Gasteiger partial charge >= 0.3 is 0 Å².